The molecule has 1 atom stereocenters. The lowest BCUT2D eigenvalue weighted by atomic mass is 10.1. The van der Waals surface area contributed by atoms with Crippen LogP contribution in [0.4, 0.5) is 0 Å². The Balaban J connectivity index is 1.73. The van der Waals surface area contributed by atoms with Crippen LogP contribution in [0.5, 0.6) is 23.0 Å². The van der Waals surface area contributed by atoms with Crippen molar-refractivity contribution < 1.29 is 24.1 Å². The summed E-state index contributed by atoms with van der Waals surface area (Å²) in [7, 11) is 6.50. The van der Waals surface area contributed by atoms with E-state index in [9.17, 15) is 5.11 Å². The first-order valence-corrected chi connectivity index (χ1v) is 11.7. The normalized spacial score (nSPS) is 11.9. The van der Waals surface area contributed by atoms with Crippen molar-refractivity contribution in [3.63, 3.8) is 0 Å². The highest BCUT2D eigenvalue weighted by molar-refractivity contribution is 6.30. The number of aliphatic hydroxyl groups is 1. The topological polar surface area (TPSA) is 60.4 Å². The van der Waals surface area contributed by atoms with Crippen molar-refractivity contribution in [3.05, 3.63) is 88.8 Å². The van der Waals surface area contributed by atoms with E-state index in [-0.39, 0.29) is 0 Å². The Bertz CT molecular complexity index is 1090. The van der Waals surface area contributed by atoms with Crippen LogP contribution in [0.2, 0.25) is 5.02 Å². The number of methoxy groups -OCH3 is 4. The SMILES string of the molecule is COc1ccc(C[CH]CN(Cc2ccc(OC)c(OC)c2)CC(O)c2cccc(Cl)c2)cc1OC. The number of hydrogen-bond donors (Lipinski definition) is 1. The molecule has 6 nitrogen and oxygen atoms in total. The van der Waals surface area contributed by atoms with E-state index in [4.69, 9.17) is 30.5 Å². The van der Waals surface area contributed by atoms with Gasteiger partial charge in [-0.3, -0.25) is 4.90 Å². The fourth-order valence-electron chi connectivity index (χ4n) is 3.93. The number of nitrogens with zero attached hydrogens (tertiary/aromatic N) is 1. The molecule has 0 saturated carbocycles. The smallest absolute Gasteiger partial charge is 0.161 e. The number of rotatable bonds is 13. The van der Waals surface area contributed by atoms with E-state index in [1.807, 2.05) is 48.5 Å². The molecule has 0 bridgehead atoms. The van der Waals surface area contributed by atoms with Crippen LogP contribution in [0.1, 0.15) is 22.8 Å². The highest BCUT2D eigenvalue weighted by atomic mass is 35.5. The van der Waals surface area contributed by atoms with Gasteiger partial charge in [-0.2, -0.15) is 0 Å². The van der Waals surface area contributed by atoms with Crippen LogP contribution >= 0.6 is 11.6 Å². The van der Waals surface area contributed by atoms with E-state index in [0.29, 0.717) is 47.7 Å². The van der Waals surface area contributed by atoms with Gasteiger partial charge in [-0.25, -0.2) is 0 Å². The highest BCUT2D eigenvalue weighted by Crippen LogP contribution is 2.30. The lowest BCUT2D eigenvalue weighted by Gasteiger charge is -2.26. The van der Waals surface area contributed by atoms with Crippen molar-refractivity contribution in [1.82, 2.24) is 4.90 Å². The Morgan fingerprint density at radius 3 is 2.00 bits per heavy atom. The molecule has 0 aliphatic heterocycles. The third kappa shape index (κ3) is 7.52. The molecule has 0 fully saturated rings. The van der Waals surface area contributed by atoms with E-state index in [1.165, 1.54) is 0 Å². The number of halogens is 1. The second kappa shape index (κ2) is 13.2. The summed E-state index contributed by atoms with van der Waals surface area (Å²) in [5.74, 6) is 2.77. The number of hydrogen-bond acceptors (Lipinski definition) is 6. The molecule has 1 N–H and O–H groups in total. The Kier molecular flexibility index (Phi) is 10.1. The Hall–Kier alpha value is -2.93. The van der Waals surface area contributed by atoms with Crippen LogP contribution in [-0.4, -0.2) is 51.5 Å². The first-order chi connectivity index (χ1) is 17.0. The molecule has 3 rings (SSSR count). The quantitative estimate of drug-likeness (QED) is 0.342. The molecule has 0 spiro atoms. The minimum Gasteiger partial charge on any atom is -0.493 e. The van der Waals surface area contributed by atoms with E-state index in [2.05, 4.69) is 11.3 Å². The molecule has 0 heterocycles. The van der Waals surface area contributed by atoms with E-state index in [0.717, 1.165) is 23.1 Å². The van der Waals surface area contributed by atoms with E-state index >= 15 is 0 Å². The maximum atomic E-state index is 10.9. The highest BCUT2D eigenvalue weighted by Gasteiger charge is 2.16. The zero-order valence-corrected chi connectivity index (χ0v) is 21.4. The zero-order chi connectivity index (χ0) is 25.2. The molecule has 7 heteroatoms. The molecule has 1 unspecified atom stereocenters. The van der Waals surface area contributed by atoms with Crippen LogP contribution in [-0.2, 0) is 13.0 Å². The van der Waals surface area contributed by atoms with Crippen molar-refractivity contribution >= 4 is 11.6 Å². The van der Waals surface area contributed by atoms with Gasteiger partial charge in [-0.1, -0.05) is 35.9 Å². The second-order valence-corrected chi connectivity index (χ2v) is 8.57. The predicted molar refractivity (Wildman–Crippen MR) is 139 cm³/mol. The van der Waals surface area contributed by atoms with Gasteiger partial charge in [-0.15, -0.1) is 0 Å². The average Bonchev–Trinajstić information content (AvgIpc) is 2.88. The molecular formula is C28H33ClNO5. The minimum atomic E-state index is -0.677. The summed E-state index contributed by atoms with van der Waals surface area (Å²) in [4.78, 5) is 2.19. The summed E-state index contributed by atoms with van der Waals surface area (Å²) in [6.45, 7) is 1.73. The van der Waals surface area contributed by atoms with Crippen molar-refractivity contribution in [3.8, 4) is 23.0 Å². The number of ether oxygens (including phenoxy) is 4. The summed E-state index contributed by atoms with van der Waals surface area (Å²) in [5, 5.41) is 11.5. The first-order valence-electron chi connectivity index (χ1n) is 11.4. The fourth-order valence-corrected chi connectivity index (χ4v) is 4.12. The van der Waals surface area contributed by atoms with Crippen LogP contribution < -0.4 is 18.9 Å². The third-order valence-corrected chi connectivity index (χ3v) is 5.97. The molecule has 0 saturated heterocycles. The van der Waals surface area contributed by atoms with Crippen molar-refractivity contribution in [2.45, 2.75) is 19.1 Å². The predicted octanol–water partition coefficient (Wildman–Crippen LogP) is 5.36. The lowest BCUT2D eigenvalue weighted by Crippen LogP contribution is -2.30. The number of benzene rings is 3. The zero-order valence-electron chi connectivity index (χ0n) is 20.7. The van der Waals surface area contributed by atoms with Gasteiger partial charge in [0, 0.05) is 24.7 Å². The van der Waals surface area contributed by atoms with Gasteiger partial charge in [0.1, 0.15) is 0 Å². The summed E-state index contributed by atoms with van der Waals surface area (Å²) in [6, 6.07) is 19.1. The monoisotopic (exact) mass is 498 g/mol. The molecule has 1 radical (unpaired) electrons. The van der Waals surface area contributed by atoms with Crippen LogP contribution in [0.25, 0.3) is 0 Å². The summed E-state index contributed by atoms with van der Waals surface area (Å²) < 4.78 is 21.6. The minimum absolute atomic E-state index is 0.442. The second-order valence-electron chi connectivity index (χ2n) is 8.14. The average molecular weight is 499 g/mol. The van der Waals surface area contributed by atoms with Gasteiger partial charge in [0.05, 0.1) is 34.5 Å². The summed E-state index contributed by atoms with van der Waals surface area (Å²) in [6.07, 6.45) is 2.26. The lowest BCUT2D eigenvalue weighted by molar-refractivity contribution is 0.113. The molecule has 35 heavy (non-hydrogen) atoms. The molecule has 0 aliphatic carbocycles. The van der Waals surface area contributed by atoms with Crippen LogP contribution in [0.15, 0.2) is 60.7 Å². The van der Waals surface area contributed by atoms with Gasteiger partial charge < -0.3 is 24.1 Å². The molecule has 0 aromatic heterocycles. The molecule has 187 valence electrons. The number of aliphatic hydroxyl groups excluding tert-OH is 1. The molecular weight excluding hydrogens is 466 g/mol. The van der Waals surface area contributed by atoms with E-state index in [1.54, 1.807) is 40.6 Å². The van der Waals surface area contributed by atoms with Crippen LogP contribution in [0, 0.1) is 6.42 Å². The Morgan fingerprint density at radius 1 is 0.800 bits per heavy atom. The Morgan fingerprint density at radius 2 is 1.40 bits per heavy atom. The van der Waals surface area contributed by atoms with Crippen molar-refractivity contribution in [2.24, 2.45) is 0 Å². The van der Waals surface area contributed by atoms with Gasteiger partial charge in [0.15, 0.2) is 23.0 Å². The molecule has 0 amide bonds. The summed E-state index contributed by atoms with van der Waals surface area (Å²) in [5.41, 5.74) is 2.96. The standard InChI is InChI=1S/C28H33ClNO5/c1-32-25-12-10-20(15-27(25)34-3)7-6-14-30(19-24(31)22-8-5-9-23(29)17-22)18-21-11-13-26(33-2)28(16-21)35-4/h5-6,8-13,15-17,24,31H,7,14,18-19H2,1-4H3. The maximum Gasteiger partial charge on any atom is 0.161 e. The molecule has 3 aromatic carbocycles. The third-order valence-electron chi connectivity index (χ3n) is 5.73. The van der Waals surface area contributed by atoms with Gasteiger partial charge in [0.2, 0.25) is 0 Å². The van der Waals surface area contributed by atoms with Gasteiger partial charge in [-0.05, 0) is 65.9 Å². The fraction of sp³-hybridized carbons (Fsp3) is 0.321. The Labute approximate surface area is 213 Å². The molecule has 3 aromatic rings. The van der Waals surface area contributed by atoms with Crippen molar-refractivity contribution in [1.29, 1.82) is 0 Å². The van der Waals surface area contributed by atoms with E-state index < -0.39 is 6.10 Å². The van der Waals surface area contributed by atoms with Gasteiger partial charge in [0.25, 0.3) is 0 Å². The van der Waals surface area contributed by atoms with Gasteiger partial charge >= 0.3 is 0 Å². The first kappa shape index (κ1) is 26.7. The van der Waals surface area contributed by atoms with Crippen LogP contribution in [0.3, 0.4) is 0 Å². The maximum absolute atomic E-state index is 10.9. The molecule has 0 aliphatic rings. The largest absolute Gasteiger partial charge is 0.493 e. The van der Waals surface area contributed by atoms with Crippen molar-refractivity contribution in [2.75, 3.05) is 41.5 Å². The summed E-state index contributed by atoms with van der Waals surface area (Å²) >= 11 is 6.14.